The van der Waals surface area contributed by atoms with Crippen LogP contribution in [0, 0.1) is 5.82 Å². The van der Waals surface area contributed by atoms with Crippen LogP contribution >= 0.6 is 22.9 Å². The van der Waals surface area contributed by atoms with Crippen LogP contribution in [-0.2, 0) is 4.74 Å². The van der Waals surface area contributed by atoms with E-state index in [1.807, 2.05) is 0 Å². The van der Waals surface area contributed by atoms with Crippen molar-refractivity contribution in [2.45, 2.75) is 0 Å². The third kappa shape index (κ3) is 2.77. The Labute approximate surface area is 111 Å². The van der Waals surface area contributed by atoms with Crippen molar-refractivity contribution in [3.63, 3.8) is 0 Å². The molecular weight excluding hydrogens is 279 g/mol. The fourth-order valence-corrected chi connectivity index (χ4v) is 2.35. The standard InChI is InChI=1S/C11H8ClFN2O2S/c1-17-10(16)8-9(12)15-11(18-8)14-7-4-2-6(13)3-5-7/h2-5H,1H3,(H,14,15). The van der Waals surface area contributed by atoms with Crippen LogP contribution in [0.15, 0.2) is 24.3 Å². The van der Waals surface area contributed by atoms with Crippen molar-refractivity contribution >= 4 is 39.7 Å². The summed E-state index contributed by atoms with van der Waals surface area (Å²) in [7, 11) is 1.27. The molecule has 0 unspecified atom stereocenters. The van der Waals surface area contributed by atoms with E-state index < -0.39 is 5.97 Å². The number of carbonyl (C=O) groups excluding carboxylic acids is 1. The van der Waals surface area contributed by atoms with Crippen LogP contribution in [0.25, 0.3) is 0 Å². The summed E-state index contributed by atoms with van der Waals surface area (Å²) in [6.07, 6.45) is 0. The first kappa shape index (κ1) is 12.8. The molecule has 0 aliphatic carbocycles. The van der Waals surface area contributed by atoms with Crippen molar-refractivity contribution in [1.82, 2.24) is 4.98 Å². The first-order valence-corrected chi connectivity index (χ1v) is 6.07. The maximum atomic E-state index is 12.7. The fraction of sp³-hybridized carbons (Fsp3) is 0.0909. The first-order valence-electron chi connectivity index (χ1n) is 4.87. The summed E-state index contributed by atoms with van der Waals surface area (Å²) in [5, 5.41) is 3.44. The molecule has 1 N–H and O–H groups in total. The number of esters is 1. The van der Waals surface area contributed by atoms with Crippen LogP contribution in [0.5, 0.6) is 0 Å². The molecule has 94 valence electrons. The van der Waals surface area contributed by atoms with Crippen LogP contribution in [0.3, 0.4) is 0 Å². The highest BCUT2D eigenvalue weighted by atomic mass is 35.5. The molecule has 0 bridgehead atoms. The molecule has 0 atom stereocenters. The van der Waals surface area contributed by atoms with Crippen LogP contribution in [0.1, 0.15) is 9.67 Å². The molecule has 0 fully saturated rings. The van der Waals surface area contributed by atoms with Crippen molar-refractivity contribution in [3.05, 3.63) is 40.1 Å². The number of nitrogens with one attached hydrogen (secondary N) is 1. The van der Waals surface area contributed by atoms with Crippen molar-refractivity contribution < 1.29 is 13.9 Å². The van der Waals surface area contributed by atoms with Gasteiger partial charge in [0, 0.05) is 5.69 Å². The van der Waals surface area contributed by atoms with E-state index in [4.69, 9.17) is 11.6 Å². The van der Waals surface area contributed by atoms with E-state index in [0.29, 0.717) is 10.8 Å². The molecule has 7 heteroatoms. The molecule has 0 saturated carbocycles. The Morgan fingerprint density at radius 1 is 1.44 bits per heavy atom. The number of nitrogens with zero attached hydrogens (tertiary/aromatic N) is 1. The number of ether oxygens (including phenoxy) is 1. The van der Waals surface area contributed by atoms with E-state index in [9.17, 15) is 9.18 Å². The number of thiazole rings is 1. The molecule has 0 aliphatic heterocycles. The lowest BCUT2D eigenvalue weighted by Gasteiger charge is -2.00. The maximum Gasteiger partial charge on any atom is 0.351 e. The van der Waals surface area contributed by atoms with E-state index in [-0.39, 0.29) is 15.8 Å². The van der Waals surface area contributed by atoms with Gasteiger partial charge >= 0.3 is 5.97 Å². The van der Waals surface area contributed by atoms with Gasteiger partial charge in [0.2, 0.25) is 0 Å². The minimum atomic E-state index is -0.537. The van der Waals surface area contributed by atoms with E-state index in [1.54, 1.807) is 12.1 Å². The lowest BCUT2D eigenvalue weighted by Crippen LogP contribution is -1.98. The zero-order valence-electron chi connectivity index (χ0n) is 9.24. The number of halogens is 2. The molecule has 1 aromatic carbocycles. The van der Waals surface area contributed by atoms with Crippen molar-refractivity contribution in [3.8, 4) is 0 Å². The summed E-state index contributed by atoms with van der Waals surface area (Å²) in [4.78, 5) is 15.5. The summed E-state index contributed by atoms with van der Waals surface area (Å²) >= 11 is 6.88. The van der Waals surface area contributed by atoms with Gasteiger partial charge in [-0.05, 0) is 24.3 Å². The number of rotatable bonds is 3. The minimum absolute atomic E-state index is 0.0801. The zero-order valence-corrected chi connectivity index (χ0v) is 10.8. The van der Waals surface area contributed by atoms with Crippen molar-refractivity contribution in [2.24, 2.45) is 0 Å². The molecule has 2 rings (SSSR count). The Balaban J connectivity index is 2.20. The van der Waals surface area contributed by atoms with E-state index >= 15 is 0 Å². The Morgan fingerprint density at radius 3 is 2.72 bits per heavy atom. The Morgan fingerprint density at radius 2 is 2.11 bits per heavy atom. The SMILES string of the molecule is COC(=O)c1sc(Nc2ccc(F)cc2)nc1Cl. The Kier molecular flexibility index (Phi) is 3.78. The largest absolute Gasteiger partial charge is 0.465 e. The summed E-state index contributed by atoms with van der Waals surface area (Å²) in [6.45, 7) is 0. The second kappa shape index (κ2) is 5.32. The second-order valence-electron chi connectivity index (χ2n) is 3.26. The van der Waals surface area contributed by atoms with Gasteiger partial charge < -0.3 is 10.1 Å². The summed E-state index contributed by atoms with van der Waals surface area (Å²) in [5.41, 5.74) is 0.651. The average molecular weight is 287 g/mol. The molecule has 1 heterocycles. The number of aromatic nitrogens is 1. The summed E-state index contributed by atoms with van der Waals surface area (Å²) < 4.78 is 17.3. The van der Waals surface area contributed by atoms with Gasteiger partial charge in [-0.15, -0.1) is 0 Å². The topological polar surface area (TPSA) is 51.2 Å². The lowest BCUT2D eigenvalue weighted by atomic mass is 10.3. The minimum Gasteiger partial charge on any atom is -0.465 e. The van der Waals surface area contributed by atoms with Gasteiger partial charge in [-0.1, -0.05) is 22.9 Å². The highest BCUT2D eigenvalue weighted by molar-refractivity contribution is 7.18. The molecular formula is C11H8ClFN2O2S. The van der Waals surface area contributed by atoms with Gasteiger partial charge in [0.15, 0.2) is 15.2 Å². The van der Waals surface area contributed by atoms with E-state index in [0.717, 1.165) is 11.3 Å². The van der Waals surface area contributed by atoms with Crippen molar-refractivity contribution in [1.29, 1.82) is 0 Å². The average Bonchev–Trinajstić information content (AvgIpc) is 2.72. The molecule has 2 aromatic rings. The van der Waals surface area contributed by atoms with Crippen LogP contribution in [0.4, 0.5) is 15.2 Å². The normalized spacial score (nSPS) is 10.2. The quantitative estimate of drug-likeness (QED) is 0.878. The van der Waals surface area contributed by atoms with Crippen molar-refractivity contribution in [2.75, 3.05) is 12.4 Å². The summed E-state index contributed by atoms with van der Waals surface area (Å²) in [6, 6.07) is 5.75. The van der Waals surface area contributed by atoms with Crippen LogP contribution < -0.4 is 5.32 Å². The molecule has 0 saturated heterocycles. The molecule has 0 spiro atoms. The molecule has 0 radical (unpaired) electrons. The number of hydrogen-bond acceptors (Lipinski definition) is 5. The smallest absolute Gasteiger partial charge is 0.351 e. The van der Waals surface area contributed by atoms with Gasteiger partial charge in [0.25, 0.3) is 0 Å². The third-order valence-electron chi connectivity index (χ3n) is 2.05. The zero-order chi connectivity index (χ0) is 13.1. The Bertz CT molecular complexity index is 571. The highest BCUT2D eigenvalue weighted by Gasteiger charge is 2.17. The number of carbonyl (C=O) groups is 1. The van der Waals surface area contributed by atoms with Gasteiger partial charge in [0.05, 0.1) is 7.11 Å². The number of hydrogen-bond donors (Lipinski definition) is 1. The predicted octanol–water partition coefficient (Wildman–Crippen LogP) is 3.47. The number of benzene rings is 1. The Hall–Kier alpha value is -1.66. The van der Waals surface area contributed by atoms with Gasteiger partial charge in [-0.25, -0.2) is 14.2 Å². The number of anilines is 2. The van der Waals surface area contributed by atoms with Gasteiger partial charge in [0.1, 0.15) is 5.82 Å². The molecule has 0 amide bonds. The third-order valence-corrected chi connectivity index (χ3v) is 3.39. The molecule has 0 aliphatic rings. The highest BCUT2D eigenvalue weighted by Crippen LogP contribution is 2.29. The van der Waals surface area contributed by atoms with Gasteiger partial charge in [-0.3, -0.25) is 0 Å². The van der Waals surface area contributed by atoms with E-state index in [2.05, 4.69) is 15.0 Å². The summed E-state index contributed by atoms with van der Waals surface area (Å²) in [5.74, 6) is -0.863. The maximum absolute atomic E-state index is 12.7. The fourth-order valence-electron chi connectivity index (χ4n) is 1.23. The molecule has 18 heavy (non-hydrogen) atoms. The molecule has 4 nitrogen and oxygen atoms in total. The van der Waals surface area contributed by atoms with Crippen LogP contribution in [-0.4, -0.2) is 18.1 Å². The first-order chi connectivity index (χ1) is 8.60. The monoisotopic (exact) mass is 286 g/mol. The molecule has 1 aromatic heterocycles. The van der Waals surface area contributed by atoms with E-state index in [1.165, 1.54) is 19.2 Å². The predicted molar refractivity (Wildman–Crippen MR) is 68.1 cm³/mol. The van der Waals surface area contributed by atoms with Crippen LogP contribution in [0.2, 0.25) is 5.15 Å². The second-order valence-corrected chi connectivity index (χ2v) is 4.62. The van der Waals surface area contributed by atoms with Gasteiger partial charge in [-0.2, -0.15) is 0 Å². The lowest BCUT2D eigenvalue weighted by molar-refractivity contribution is 0.0606. The number of methoxy groups -OCH3 is 1.